The van der Waals surface area contributed by atoms with E-state index in [-0.39, 0.29) is 42.2 Å². The molecule has 7 nitrogen and oxygen atoms in total. The summed E-state index contributed by atoms with van der Waals surface area (Å²) < 4.78 is 0. The Balaban J connectivity index is 0.00000480. The van der Waals surface area contributed by atoms with Gasteiger partial charge in [-0.2, -0.15) is 0 Å². The molecular weight excluding hydrogens is 529 g/mol. The molecule has 0 aliphatic rings. The molecule has 168 valence electrons. The monoisotopic (exact) mass is 557 g/mol. The fourth-order valence-electron chi connectivity index (χ4n) is 2.68. The highest BCUT2D eigenvalue weighted by atomic mass is 127. The fraction of sp³-hybridized carbons (Fsp3) is 0.318. The number of carbonyl (C=O) groups is 2. The van der Waals surface area contributed by atoms with E-state index >= 15 is 0 Å². The van der Waals surface area contributed by atoms with Crippen molar-refractivity contribution in [1.29, 1.82) is 0 Å². The molecular formula is C22H29ClIN5O2. The molecule has 0 aliphatic carbocycles. The summed E-state index contributed by atoms with van der Waals surface area (Å²) in [5, 5.41) is 9.80. The molecule has 0 unspecified atom stereocenters. The van der Waals surface area contributed by atoms with E-state index in [1.165, 1.54) is 0 Å². The lowest BCUT2D eigenvalue weighted by Gasteiger charge is -2.13. The molecule has 0 aliphatic heterocycles. The van der Waals surface area contributed by atoms with Gasteiger partial charge in [0.25, 0.3) is 5.91 Å². The first-order valence-electron chi connectivity index (χ1n) is 9.62. The van der Waals surface area contributed by atoms with E-state index in [4.69, 9.17) is 11.6 Å². The van der Waals surface area contributed by atoms with Gasteiger partial charge in [-0.15, -0.1) is 24.0 Å². The van der Waals surface area contributed by atoms with Crippen LogP contribution in [0.3, 0.4) is 0 Å². The molecule has 0 saturated carbocycles. The Labute approximate surface area is 205 Å². The zero-order valence-electron chi connectivity index (χ0n) is 18.2. The van der Waals surface area contributed by atoms with E-state index in [1.54, 1.807) is 50.3 Å². The number of anilines is 1. The van der Waals surface area contributed by atoms with Gasteiger partial charge in [-0.3, -0.25) is 14.6 Å². The minimum atomic E-state index is -0.107. The van der Waals surface area contributed by atoms with Gasteiger partial charge in [0.2, 0.25) is 5.91 Å². The van der Waals surface area contributed by atoms with Crippen LogP contribution >= 0.6 is 35.6 Å². The fourth-order valence-corrected chi connectivity index (χ4v) is 2.85. The number of halogens is 2. The van der Waals surface area contributed by atoms with Crippen molar-refractivity contribution in [2.24, 2.45) is 4.99 Å². The predicted molar refractivity (Wildman–Crippen MR) is 138 cm³/mol. The third-order valence-electron chi connectivity index (χ3n) is 4.48. The Morgan fingerprint density at radius 2 is 1.74 bits per heavy atom. The highest BCUT2D eigenvalue weighted by Crippen LogP contribution is 2.22. The lowest BCUT2D eigenvalue weighted by molar-refractivity contribution is -0.116. The van der Waals surface area contributed by atoms with Crippen molar-refractivity contribution in [1.82, 2.24) is 15.5 Å². The molecule has 0 radical (unpaired) electrons. The summed E-state index contributed by atoms with van der Waals surface area (Å²) in [4.78, 5) is 29.8. The molecule has 0 atom stereocenters. The van der Waals surface area contributed by atoms with Gasteiger partial charge in [-0.1, -0.05) is 29.8 Å². The molecule has 0 aromatic heterocycles. The molecule has 0 heterocycles. The smallest absolute Gasteiger partial charge is 0.253 e. The maximum atomic E-state index is 12.2. The number of hydrogen-bond acceptors (Lipinski definition) is 3. The SMILES string of the molecule is CN=C(NCCC(=O)Nc1cccc(Cl)c1C)NCc1ccc(C(=O)N(C)C)cc1.I. The van der Waals surface area contributed by atoms with Gasteiger partial charge < -0.3 is 20.9 Å². The number of benzene rings is 2. The minimum absolute atomic E-state index is 0. The quantitative estimate of drug-likeness (QED) is 0.276. The summed E-state index contributed by atoms with van der Waals surface area (Å²) in [5.74, 6) is 0.456. The number of aliphatic imine (C=N–C) groups is 1. The molecule has 0 bridgehead atoms. The Morgan fingerprint density at radius 1 is 1.06 bits per heavy atom. The molecule has 2 aromatic rings. The number of nitrogens with one attached hydrogen (secondary N) is 3. The first kappa shape index (κ1) is 26.7. The Hall–Kier alpha value is -2.33. The number of carbonyl (C=O) groups excluding carboxylic acids is 2. The van der Waals surface area contributed by atoms with Gasteiger partial charge in [0.1, 0.15) is 0 Å². The second-order valence-corrected chi connectivity index (χ2v) is 7.37. The van der Waals surface area contributed by atoms with Crippen LogP contribution < -0.4 is 16.0 Å². The molecule has 0 saturated heterocycles. The molecule has 2 amide bonds. The van der Waals surface area contributed by atoms with Crippen molar-refractivity contribution >= 4 is 59.0 Å². The van der Waals surface area contributed by atoms with Crippen molar-refractivity contribution in [2.75, 3.05) is 33.0 Å². The standard InChI is InChI=1S/C22H28ClN5O2.HI/c1-15-18(23)6-5-7-19(15)27-20(29)12-13-25-22(24-2)26-14-16-8-10-17(11-9-16)21(30)28(3)4;/h5-11H,12-14H2,1-4H3,(H,27,29)(H2,24,25,26);1H. The van der Waals surface area contributed by atoms with Gasteiger partial charge in [0.15, 0.2) is 5.96 Å². The highest BCUT2D eigenvalue weighted by Gasteiger charge is 2.09. The van der Waals surface area contributed by atoms with Crippen LogP contribution in [0.5, 0.6) is 0 Å². The molecule has 0 spiro atoms. The first-order valence-corrected chi connectivity index (χ1v) is 9.99. The van der Waals surface area contributed by atoms with Gasteiger partial charge in [-0.25, -0.2) is 0 Å². The van der Waals surface area contributed by atoms with Crippen molar-refractivity contribution in [2.45, 2.75) is 19.9 Å². The Morgan fingerprint density at radius 3 is 2.35 bits per heavy atom. The number of amides is 2. The zero-order valence-corrected chi connectivity index (χ0v) is 21.2. The average molecular weight is 558 g/mol. The van der Waals surface area contributed by atoms with Crippen LogP contribution in [0.4, 0.5) is 5.69 Å². The van der Waals surface area contributed by atoms with Crippen LogP contribution in [0.1, 0.15) is 27.9 Å². The highest BCUT2D eigenvalue weighted by molar-refractivity contribution is 14.0. The zero-order chi connectivity index (χ0) is 22.1. The van der Waals surface area contributed by atoms with Crippen molar-refractivity contribution in [3.8, 4) is 0 Å². The van der Waals surface area contributed by atoms with E-state index in [0.717, 1.165) is 11.1 Å². The second-order valence-electron chi connectivity index (χ2n) is 6.96. The molecule has 3 N–H and O–H groups in total. The topological polar surface area (TPSA) is 85.8 Å². The summed E-state index contributed by atoms with van der Waals surface area (Å²) >= 11 is 6.08. The number of nitrogens with zero attached hydrogens (tertiary/aromatic N) is 2. The van der Waals surface area contributed by atoms with Gasteiger partial charge in [0, 0.05) is 56.9 Å². The van der Waals surface area contributed by atoms with Gasteiger partial charge in [0.05, 0.1) is 0 Å². The molecule has 9 heteroatoms. The summed E-state index contributed by atoms with van der Waals surface area (Å²) in [6, 6.07) is 12.8. The van der Waals surface area contributed by atoms with Crippen molar-refractivity contribution in [3.05, 3.63) is 64.2 Å². The predicted octanol–water partition coefficient (Wildman–Crippen LogP) is 3.66. The number of guanidine groups is 1. The molecule has 2 aromatic carbocycles. The second kappa shape index (κ2) is 13.2. The first-order chi connectivity index (χ1) is 14.3. The van der Waals surface area contributed by atoms with E-state index in [0.29, 0.717) is 35.3 Å². The Bertz CT molecular complexity index is 917. The minimum Gasteiger partial charge on any atom is -0.356 e. The van der Waals surface area contributed by atoms with Crippen LogP contribution in [0.25, 0.3) is 0 Å². The number of rotatable bonds is 7. The van der Waals surface area contributed by atoms with Gasteiger partial charge in [-0.05, 0) is 42.3 Å². The van der Waals surface area contributed by atoms with Crippen molar-refractivity contribution in [3.63, 3.8) is 0 Å². The van der Waals surface area contributed by atoms with E-state index in [9.17, 15) is 9.59 Å². The Kier molecular flexibility index (Phi) is 11.3. The van der Waals surface area contributed by atoms with Gasteiger partial charge >= 0.3 is 0 Å². The van der Waals surface area contributed by atoms with Crippen LogP contribution in [0, 0.1) is 6.92 Å². The lowest BCUT2D eigenvalue weighted by Crippen LogP contribution is -2.38. The summed E-state index contributed by atoms with van der Waals surface area (Å²) in [6.45, 7) is 2.84. The van der Waals surface area contributed by atoms with Crippen LogP contribution in [0.15, 0.2) is 47.5 Å². The normalized spacial score (nSPS) is 10.7. The summed E-state index contributed by atoms with van der Waals surface area (Å²) in [6.07, 6.45) is 0.286. The van der Waals surface area contributed by atoms with Crippen LogP contribution in [-0.2, 0) is 11.3 Å². The summed E-state index contributed by atoms with van der Waals surface area (Å²) in [5.41, 5.74) is 3.22. The summed E-state index contributed by atoms with van der Waals surface area (Å²) in [7, 11) is 5.12. The van der Waals surface area contributed by atoms with E-state index in [2.05, 4.69) is 20.9 Å². The molecule has 31 heavy (non-hydrogen) atoms. The maximum absolute atomic E-state index is 12.2. The lowest BCUT2D eigenvalue weighted by atomic mass is 10.1. The molecule has 0 fully saturated rings. The van der Waals surface area contributed by atoms with E-state index < -0.39 is 0 Å². The third-order valence-corrected chi connectivity index (χ3v) is 4.89. The van der Waals surface area contributed by atoms with Crippen molar-refractivity contribution < 1.29 is 9.59 Å². The van der Waals surface area contributed by atoms with Crippen LogP contribution in [-0.4, -0.2) is 50.4 Å². The van der Waals surface area contributed by atoms with Crippen LogP contribution in [0.2, 0.25) is 5.02 Å². The number of hydrogen-bond donors (Lipinski definition) is 3. The third kappa shape index (κ3) is 8.37. The van der Waals surface area contributed by atoms with E-state index in [1.807, 2.05) is 25.1 Å². The molecule has 2 rings (SSSR count). The average Bonchev–Trinajstić information content (AvgIpc) is 2.73. The maximum Gasteiger partial charge on any atom is 0.253 e. The largest absolute Gasteiger partial charge is 0.356 e.